The average molecular weight is 504 g/mol. The number of rotatable bonds is 7. The van der Waals surface area contributed by atoms with E-state index in [1.54, 1.807) is 0 Å². The van der Waals surface area contributed by atoms with Gasteiger partial charge in [-0.3, -0.25) is 4.79 Å². The van der Waals surface area contributed by atoms with Crippen molar-refractivity contribution >= 4 is 40.3 Å². The average Bonchev–Trinajstić information content (AvgIpc) is 3.38. The van der Waals surface area contributed by atoms with Gasteiger partial charge in [0.15, 0.2) is 0 Å². The van der Waals surface area contributed by atoms with Crippen LogP contribution in [0.4, 0.5) is 11.8 Å². The molecule has 5 rings (SSSR count). The van der Waals surface area contributed by atoms with Gasteiger partial charge in [0.1, 0.15) is 5.82 Å². The van der Waals surface area contributed by atoms with Crippen molar-refractivity contribution in [3.05, 3.63) is 59.7 Å². The normalized spacial score (nSPS) is 24.0. The van der Waals surface area contributed by atoms with Gasteiger partial charge in [-0.15, -0.1) is 0 Å². The molecule has 2 atom stereocenters. The highest BCUT2D eigenvalue weighted by atomic mass is 32.2. The molecule has 0 spiro atoms. The lowest BCUT2D eigenvalue weighted by molar-refractivity contribution is -0.124. The van der Waals surface area contributed by atoms with Crippen molar-refractivity contribution in [1.82, 2.24) is 15.3 Å². The number of para-hydroxylation sites is 1. The molecular weight excluding hydrogens is 466 g/mol. The van der Waals surface area contributed by atoms with Crippen LogP contribution in [-0.2, 0) is 4.79 Å². The molecule has 7 heteroatoms. The van der Waals surface area contributed by atoms with Crippen LogP contribution >= 0.6 is 11.8 Å². The first kappa shape index (κ1) is 24.9. The maximum atomic E-state index is 12.9. The van der Waals surface area contributed by atoms with Crippen LogP contribution in [0.2, 0.25) is 0 Å². The molecule has 36 heavy (non-hydrogen) atoms. The van der Waals surface area contributed by atoms with Gasteiger partial charge in [-0.2, -0.15) is 16.7 Å². The van der Waals surface area contributed by atoms with E-state index in [1.807, 2.05) is 49.0 Å². The first-order valence-corrected chi connectivity index (χ1v) is 14.2. The minimum atomic E-state index is 0.121. The molecule has 2 heterocycles. The van der Waals surface area contributed by atoms with Crippen LogP contribution in [0.3, 0.4) is 0 Å². The van der Waals surface area contributed by atoms with Crippen LogP contribution in [-0.4, -0.2) is 48.3 Å². The maximum Gasteiger partial charge on any atom is 0.225 e. The molecule has 3 aromatic rings. The quantitative estimate of drug-likeness (QED) is 0.438. The van der Waals surface area contributed by atoms with Gasteiger partial charge in [-0.1, -0.05) is 42.0 Å². The first-order chi connectivity index (χ1) is 17.5. The smallest absolute Gasteiger partial charge is 0.225 e. The highest BCUT2D eigenvalue weighted by Crippen LogP contribution is 2.43. The van der Waals surface area contributed by atoms with Gasteiger partial charge in [0.05, 0.1) is 5.52 Å². The van der Waals surface area contributed by atoms with Crippen molar-refractivity contribution in [3.8, 4) is 0 Å². The van der Waals surface area contributed by atoms with Gasteiger partial charge in [0.2, 0.25) is 11.9 Å². The molecule has 1 aliphatic carbocycles. The van der Waals surface area contributed by atoms with Crippen LogP contribution in [0.5, 0.6) is 0 Å². The van der Waals surface area contributed by atoms with Crippen molar-refractivity contribution in [2.45, 2.75) is 50.3 Å². The van der Waals surface area contributed by atoms with E-state index in [4.69, 9.17) is 9.97 Å². The number of carbonyl (C=O) groups is 1. The Hall–Kier alpha value is -2.80. The number of aryl methyl sites for hydroxylation is 1. The number of nitrogens with zero attached hydrogens (tertiary/aromatic N) is 3. The van der Waals surface area contributed by atoms with Gasteiger partial charge in [-0.05, 0) is 62.6 Å². The number of carbonyl (C=O) groups excluding carboxylic acids is 1. The summed E-state index contributed by atoms with van der Waals surface area (Å²) in [6.07, 6.45) is 5.30. The Kier molecular flexibility index (Phi) is 7.65. The molecule has 1 amide bonds. The molecular formula is C29H37N5OS. The Balaban J connectivity index is 1.08. The standard InChI is InChI=1S/C29H37N5OS/c1-19-8-12-21(13-9-19)26-16-22(18-36-26)28(35)30-17-20-10-14-23(15-11-20)31-29-32-25-7-5-4-6-24(25)27(33-29)34(2)3/h4-9,12-13,20,22-23,26H,10-11,14-18H2,1-3H3,(H,30,35)(H,31,32,33). The fourth-order valence-corrected chi connectivity index (χ4v) is 6.84. The Morgan fingerprint density at radius 2 is 1.78 bits per heavy atom. The van der Waals surface area contributed by atoms with E-state index >= 15 is 0 Å². The van der Waals surface area contributed by atoms with E-state index in [1.165, 1.54) is 11.1 Å². The predicted octanol–water partition coefficient (Wildman–Crippen LogP) is 5.59. The summed E-state index contributed by atoms with van der Waals surface area (Å²) in [6.45, 7) is 2.91. The summed E-state index contributed by atoms with van der Waals surface area (Å²) in [6, 6.07) is 17.3. The number of hydrogen-bond acceptors (Lipinski definition) is 6. The van der Waals surface area contributed by atoms with E-state index in [0.717, 1.165) is 61.1 Å². The summed E-state index contributed by atoms with van der Waals surface area (Å²) in [5, 5.41) is 8.37. The number of anilines is 2. The minimum absolute atomic E-state index is 0.121. The number of benzene rings is 2. The molecule has 2 unspecified atom stereocenters. The first-order valence-electron chi connectivity index (χ1n) is 13.1. The second-order valence-electron chi connectivity index (χ2n) is 10.6. The zero-order chi connectivity index (χ0) is 25.1. The minimum Gasteiger partial charge on any atom is -0.362 e. The summed E-state index contributed by atoms with van der Waals surface area (Å²) < 4.78 is 0. The van der Waals surface area contributed by atoms with Crippen LogP contribution in [0.15, 0.2) is 48.5 Å². The summed E-state index contributed by atoms with van der Waals surface area (Å²) in [5.74, 6) is 3.46. The zero-order valence-electron chi connectivity index (χ0n) is 21.5. The van der Waals surface area contributed by atoms with E-state index in [2.05, 4.69) is 47.9 Å². The van der Waals surface area contributed by atoms with E-state index in [9.17, 15) is 4.79 Å². The topological polar surface area (TPSA) is 70.2 Å². The fraction of sp³-hybridized carbons (Fsp3) is 0.483. The lowest BCUT2D eigenvalue weighted by Gasteiger charge is -2.29. The summed E-state index contributed by atoms with van der Waals surface area (Å²) in [4.78, 5) is 24.5. The Morgan fingerprint density at radius 1 is 1.03 bits per heavy atom. The molecule has 0 radical (unpaired) electrons. The highest BCUT2D eigenvalue weighted by Gasteiger charge is 2.32. The van der Waals surface area contributed by atoms with E-state index in [-0.39, 0.29) is 11.8 Å². The SMILES string of the molecule is Cc1ccc(C2CC(C(=O)NCC3CCC(Nc4nc(N(C)C)c5ccccc5n4)CC3)CS2)cc1. The van der Waals surface area contributed by atoms with Crippen molar-refractivity contribution < 1.29 is 4.79 Å². The third-order valence-electron chi connectivity index (χ3n) is 7.57. The lowest BCUT2D eigenvalue weighted by atomic mass is 9.86. The number of hydrogen-bond donors (Lipinski definition) is 2. The molecule has 1 saturated carbocycles. The second kappa shape index (κ2) is 11.1. The third kappa shape index (κ3) is 5.77. The molecule has 2 aromatic carbocycles. The van der Waals surface area contributed by atoms with Crippen LogP contribution in [0, 0.1) is 18.8 Å². The molecule has 2 fully saturated rings. The maximum absolute atomic E-state index is 12.9. The predicted molar refractivity (Wildman–Crippen MR) is 151 cm³/mol. The molecule has 2 aliphatic rings. The zero-order valence-corrected chi connectivity index (χ0v) is 22.4. The van der Waals surface area contributed by atoms with Crippen molar-refractivity contribution in [2.24, 2.45) is 11.8 Å². The van der Waals surface area contributed by atoms with E-state index in [0.29, 0.717) is 23.2 Å². The summed E-state index contributed by atoms with van der Waals surface area (Å²) in [7, 11) is 4.04. The fourth-order valence-electron chi connectivity index (χ4n) is 5.37. The van der Waals surface area contributed by atoms with E-state index < -0.39 is 0 Å². The second-order valence-corrected chi connectivity index (χ2v) is 11.8. The van der Waals surface area contributed by atoms with Crippen LogP contribution in [0.25, 0.3) is 10.9 Å². The molecule has 190 valence electrons. The van der Waals surface area contributed by atoms with Crippen molar-refractivity contribution in [2.75, 3.05) is 36.6 Å². The van der Waals surface area contributed by atoms with Crippen LogP contribution in [0.1, 0.15) is 48.5 Å². The molecule has 1 aromatic heterocycles. The summed E-state index contributed by atoms with van der Waals surface area (Å²) >= 11 is 1.92. The lowest BCUT2D eigenvalue weighted by Crippen LogP contribution is -2.37. The molecule has 6 nitrogen and oxygen atoms in total. The largest absolute Gasteiger partial charge is 0.362 e. The number of thioether (sulfide) groups is 1. The van der Waals surface area contributed by atoms with Crippen LogP contribution < -0.4 is 15.5 Å². The molecule has 2 N–H and O–H groups in total. The molecule has 1 aliphatic heterocycles. The Labute approximate surface area is 218 Å². The van der Waals surface area contributed by atoms with Crippen molar-refractivity contribution in [1.29, 1.82) is 0 Å². The van der Waals surface area contributed by atoms with Gasteiger partial charge < -0.3 is 15.5 Å². The highest BCUT2D eigenvalue weighted by molar-refractivity contribution is 7.99. The molecule has 0 bridgehead atoms. The summed E-state index contributed by atoms with van der Waals surface area (Å²) in [5.41, 5.74) is 3.59. The Bertz CT molecular complexity index is 1190. The molecule has 1 saturated heterocycles. The Morgan fingerprint density at radius 3 is 2.53 bits per heavy atom. The van der Waals surface area contributed by atoms with Gasteiger partial charge in [-0.25, -0.2) is 4.98 Å². The van der Waals surface area contributed by atoms with Gasteiger partial charge in [0, 0.05) is 49.0 Å². The third-order valence-corrected chi connectivity index (χ3v) is 9.03. The van der Waals surface area contributed by atoms with Gasteiger partial charge in [0.25, 0.3) is 0 Å². The van der Waals surface area contributed by atoms with Crippen molar-refractivity contribution in [3.63, 3.8) is 0 Å². The van der Waals surface area contributed by atoms with Gasteiger partial charge >= 0.3 is 0 Å². The number of amides is 1. The number of fused-ring (bicyclic) bond motifs is 1. The number of nitrogens with one attached hydrogen (secondary N) is 2. The monoisotopic (exact) mass is 503 g/mol. The number of aromatic nitrogens is 2.